The van der Waals surface area contributed by atoms with Gasteiger partial charge in [0.2, 0.25) is 0 Å². The van der Waals surface area contributed by atoms with E-state index in [2.05, 4.69) is 47.8 Å². The Morgan fingerprint density at radius 1 is 1.46 bits per heavy atom. The van der Waals surface area contributed by atoms with Gasteiger partial charge >= 0.3 is 0 Å². The predicted octanol–water partition coefficient (Wildman–Crippen LogP) is 2.24. The maximum atomic E-state index is 10.7. The predicted molar refractivity (Wildman–Crippen MR) is 59.9 cm³/mol. The third-order valence-electron chi connectivity index (χ3n) is 2.76. The Balaban J connectivity index is 2.61. The van der Waals surface area contributed by atoms with Crippen LogP contribution in [0.25, 0.3) is 0 Å². The Bertz CT molecular complexity index is 232. The van der Waals surface area contributed by atoms with Crippen LogP contribution in [0.3, 0.4) is 0 Å². The molecule has 0 aromatic carbocycles. The van der Waals surface area contributed by atoms with Gasteiger partial charge < -0.3 is 9.90 Å². The van der Waals surface area contributed by atoms with E-state index >= 15 is 0 Å². The SMILES string of the molecule is CC1(C)C(CC(Br)(Br)Br)C1C(=O)[O-]. The fourth-order valence-corrected chi connectivity index (χ4v) is 2.89. The average Bonchev–Trinajstić information content (AvgIpc) is 2.28. The monoisotopic (exact) mass is 375 g/mol. The average molecular weight is 378 g/mol. The molecule has 0 heterocycles. The molecule has 1 saturated carbocycles. The van der Waals surface area contributed by atoms with Crippen molar-refractivity contribution >= 4 is 53.8 Å². The normalized spacial score (nSPS) is 31.5. The Kier molecular flexibility index (Phi) is 3.22. The van der Waals surface area contributed by atoms with Crippen molar-refractivity contribution in [2.45, 2.75) is 22.4 Å². The molecule has 2 unspecified atom stereocenters. The summed E-state index contributed by atoms with van der Waals surface area (Å²) in [4.78, 5) is 10.7. The van der Waals surface area contributed by atoms with Crippen molar-refractivity contribution in [3.8, 4) is 0 Å². The number of carboxylic acids is 1. The fraction of sp³-hybridized carbons (Fsp3) is 0.875. The zero-order chi connectivity index (χ0) is 10.4. The van der Waals surface area contributed by atoms with Crippen LogP contribution in [0.4, 0.5) is 0 Å². The lowest BCUT2D eigenvalue weighted by Gasteiger charge is -2.12. The summed E-state index contributed by atoms with van der Waals surface area (Å²) in [6.07, 6.45) is 0.721. The lowest BCUT2D eigenvalue weighted by atomic mass is 10.1. The third-order valence-corrected chi connectivity index (χ3v) is 3.73. The van der Waals surface area contributed by atoms with Crippen molar-refractivity contribution in [2.24, 2.45) is 17.3 Å². The molecule has 2 nitrogen and oxygen atoms in total. The van der Waals surface area contributed by atoms with Gasteiger partial charge in [-0.25, -0.2) is 0 Å². The highest BCUT2D eigenvalue weighted by Gasteiger charge is 2.59. The molecule has 2 atom stereocenters. The van der Waals surface area contributed by atoms with Crippen molar-refractivity contribution in [1.82, 2.24) is 0 Å². The molecule has 76 valence electrons. The number of halogens is 3. The van der Waals surface area contributed by atoms with Crippen LogP contribution in [-0.4, -0.2) is 8.11 Å². The van der Waals surface area contributed by atoms with Crippen molar-refractivity contribution < 1.29 is 9.90 Å². The first-order valence-electron chi connectivity index (χ1n) is 3.94. The van der Waals surface area contributed by atoms with Crippen LogP contribution >= 0.6 is 47.8 Å². The van der Waals surface area contributed by atoms with Gasteiger partial charge in [-0.05, 0) is 17.8 Å². The zero-order valence-electron chi connectivity index (χ0n) is 7.31. The van der Waals surface area contributed by atoms with Gasteiger partial charge in [0.15, 0.2) is 0 Å². The van der Waals surface area contributed by atoms with Gasteiger partial charge in [-0.15, -0.1) is 0 Å². The molecular formula is C8H10Br3O2-. The van der Waals surface area contributed by atoms with Gasteiger partial charge in [-0.3, -0.25) is 0 Å². The Morgan fingerprint density at radius 3 is 2.15 bits per heavy atom. The van der Waals surface area contributed by atoms with Crippen LogP contribution < -0.4 is 5.11 Å². The van der Waals surface area contributed by atoms with Crippen LogP contribution in [0, 0.1) is 17.3 Å². The van der Waals surface area contributed by atoms with Crippen LogP contribution in [-0.2, 0) is 4.79 Å². The Morgan fingerprint density at radius 2 is 1.92 bits per heavy atom. The molecule has 0 saturated heterocycles. The Labute approximate surface area is 103 Å². The lowest BCUT2D eigenvalue weighted by molar-refractivity contribution is -0.309. The fourth-order valence-electron chi connectivity index (χ4n) is 1.84. The van der Waals surface area contributed by atoms with Crippen molar-refractivity contribution in [3.63, 3.8) is 0 Å². The first-order chi connectivity index (χ1) is 5.66. The first-order valence-corrected chi connectivity index (χ1v) is 6.32. The van der Waals surface area contributed by atoms with Crippen molar-refractivity contribution in [3.05, 3.63) is 0 Å². The van der Waals surface area contributed by atoms with Crippen molar-refractivity contribution in [2.75, 3.05) is 0 Å². The zero-order valence-corrected chi connectivity index (χ0v) is 12.1. The highest BCUT2D eigenvalue weighted by atomic mass is 80.0. The van der Waals surface area contributed by atoms with Crippen molar-refractivity contribution in [1.29, 1.82) is 0 Å². The molecule has 0 aromatic rings. The van der Waals surface area contributed by atoms with Crippen LogP contribution in [0.5, 0.6) is 0 Å². The number of aliphatic carboxylic acids is 1. The van der Waals surface area contributed by atoms with Gasteiger partial charge in [0.25, 0.3) is 0 Å². The molecule has 0 radical (unpaired) electrons. The Hall–Kier alpha value is 0.910. The van der Waals surface area contributed by atoms with E-state index in [1.54, 1.807) is 0 Å². The van der Waals surface area contributed by atoms with Gasteiger partial charge in [0, 0.05) is 11.9 Å². The summed E-state index contributed by atoms with van der Waals surface area (Å²) in [7, 11) is 0. The minimum Gasteiger partial charge on any atom is -0.550 e. The van der Waals surface area contributed by atoms with Gasteiger partial charge in [0.05, 0.1) is 0 Å². The van der Waals surface area contributed by atoms with Gasteiger partial charge in [-0.1, -0.05) is 61.6 Å². The molecule has 1 aliphatic carbocycles. The summed E-state index contributed by atoms with van der Waals surface area (Å²) in [6, 6.07) is 0. The second kappa shape index (κ2) is 3.49. The van der Waals surface area contributed by atoms with Crippen LogP contribution in [0.2, 0.25) is 0 Å². The van der Waals surface area contributed by atoms with E-state index < -0.39 is 5.97 Å². The third kappa shape index (κ3) is 2.69. The number of carbonyl (C=O) groups excluding carboxylic acids is 1. The summed E-state index contributed by atoms with van der Waals surface area (Å²) in [5.74, 6) is -1.10. The number of hydrogen-bond acceptors (Lipinski definition) is 2. The molecule has 0 bridgehead atoms. The lowest BCUT2D eigenvalue weighted by Crippen LogP contribution is -2.26. The first kappa shape index (κ1) is 12.0. The summed E-state index contributed by atoms with van der Waals surface area (Å²) in [5.41, 5.74) is -0.139. The molecule has 1 aliphatic rings. The van der Waals surface area contributed by atoms with Gasteiger partial charge in [0.1, 0.15) is 2.14 Å². The topological polar surface area (TPSA) is 40.1 Å². The summed E-state index contributed by atoms with van der Waals surface area (Å²) >= 11 is 10.1. The minimum atomic E-state index is -0.938. The molecule has 0 spiro atoms. The number of alkyl halides is 3. The van der Waals surface area contributed by atoms with E-state index in [9.17, 15) is 9.90 Å². The molecule has 1 rings (SSSR count). The van der Waals surface area contributed by atoms with E-state index in [1.807, 2.05) is 13.8 Å². The van der Waals surface area contributed by atoms with E-state index in [1.165, 1.54) is 0 Å². The highest BCUT2D eigenvalue weighted by molar-refractivity contribution is 9.39. The molecular weight excluding hydrogens is 368 g/mol. The standard InChI is InChI=1S/C8H11Br3O2/c1-7(2)4(3-8(9,10)11)5(7)6(12)13/h4-5H,3H2,1-2H3,(H,12,13)/p-1. The maximum Gasteiger partial charge on any atom is 0.135 e. The van der Waals surface area contributed by atoms with E-state index in [-0.39, 0.29) is 19.4 Å². The largest absolute Gasteiger partial charge is 0.550 e. The van der Waals surface area contributed by atoms with E-state index in [4.69, 9.17) is 0 Å². The quantitative estimate of drug-likeness (QED) is 0.692. The molecule has 13 heavy (non-hydrogen) atoms. The van der Waals surface area contributed by atoms with Crippen LogP contribution in [0.15, 0.2) is 0 Å². The smallest absolute Gasteiger partial charge is 0.135 e. The second-order valence-corrected chi connectivity index (χ2v) is 11.3. The summed E-state index contributed by atoms with van der Waals surface area (Å²) < 4.78 is -0.348. The molecule has 5 heteroatoms. The summed E-state index contributed by atoms with van der Waals surface area (Å²) in [6.45, 7) is 3.91. The number of carboxylic acid groups (broad SMARTS) is 1. The molecule has 0 amide bonds. The van der Waals surface area contributed by atoms with E-state index in [0.717, 1.165) is 6.42 Å². The van der Waals surface area contributed by atoms with E-state index in [0.29, 0.717) is 0 Å². The minimum absolute atomic E-state index is 0.139. The number of carbonyl (C=O) groups is 1. The maximum absolute atomic E-state index is 10.7. The highest BCUT2D eigenvalue weighted by Crippen LogP contribution is 2.63. The molecule has 0 N–H and O–H groups in total. The number of rotatable bonds is 2. The van der Waals surface area contributed by atoms with Gasteiger partial charge in [-0.2, -0.15) is 0 Å². The summed E-state index contributed by atoms with van der Waals surface area (Å²) in [5, 5.41) is 10.7. The number of hydrogen-bond donors (Lipinski definition) is 0. The molecule has 0 aliphatic heterocycles. The molecule has 0 aromatic heterocycles. The van der Waals surface area contributed by atoms with Crippen LogP contribution in [0.1, 0.15) is 20.3 Å². The molecule has 1 fully saturated rings. The second-order valence-electron chi connectivity index (χ2n) is 4.04.